The van der Waals surface area contributed by atoms with Gasteiger partial charge in [-0.3, -0.25) is 4.79 Å². The summed E-state index contributed by atoms with van der Waals surface area (Å²) in [6.45, 7) is 2.58. The predicted octanol–water partition coefficient (Wildman–Crippen LogP) is 2.06. The molecule has 136 valence electrons. The number of carbonyl (C=O) groups is 1. The number of nitrogens with zero attached hydrogens (tertiary/aromatic N) is 2. The first kappa shape index (κ1) is 19.7. The molecule has 0 unspecified atom stereocenters. The number of aryl methyl sites for hydroxylation is 1. The normalized spacial score (nSPS) is 12.8. The lowest BCUT2D eigenvalue weighted by Crippen LogP contribution is -2.45. The number of sulfonamides is 1. The van der Waals surface area contributed by atoms with E-state index in [0.717, 1.165) is 0 Å². The largest absolute Gasteiger partial charge is 0.355 e. The number of hydrogen-bond acceptors (Lipinski definition) is 4. The third-order valence-corrected chi connectivity index (χ3v) is 5.62. The van der Waals surface area contributed by atoms with Gasteiger partial charge in [-0.25, -0.2) is 13.4 Å². The molecule has 0 bridgehead atoms. The maximum Gasteiger partial charge on any atom is 0.242 e. The van der Waals surface area contributed by atoms with Gasteiger partial charge in [0.15, 0.2) is 0 Å². The molecule has 7 nitrogen and oxygen atoms in total. The lowest BCUT2D eigenvalue weighted by molar-refractivity contribution is -0.122. The molecule has 0 aliphatic carbocycles. The summed E-state index contributed by atoms with van der Waals surface area (Å²) in [5, 5.41) is 2.96. The summed E-state index contributed by atoms with van der Waals surface area (Å²) in [4.78, 5) is 15.8. The minimum absolute atomic E-state index is 0.0323. The molecule has 25 heavy (non-hydrogen) atoms. The number of halogens is 2. The van der Waals surface area contributed by atoms with Crippen LogP contribution in [0.15, 0.2) is 41.8 Å². The summed E-state index contributed by atoms with van der Waals surface area (Å²) in [6, 6.07) is 3.16. The Morgan fingerprint density at radius 1 is 1.36 bits per heavy atom. The molecule has 1 heterocycles. The second-order valence-electron chi connectivity index (χ2n) is 5.36. The van der Waals surface area contributed by atoms with Crippen molar-refractivity contribution in [1.29, 1.82) is 0 Å². The molecule has 0 aliphatic rings. The third kappa shape index (κ3) is 5.71. The van der Waals surface area contributed by atoms with Gasteiger partial charge in [0.05, 0.1) is 17.4 Å². The van der Waals surface area contributed by atoms with Crippen molar-refractivity contribution < 1.29 is 13.2 Å². The van der Waals surface area contributed by atoms with Crippen molar-refractivity contribution in [2.24, 2.45) is 0 Å². The Kier molecular flexibility index (Phi) is 6.83. The first-order valence-corrected chi connectivity index (χ1v) is 9.74. The minimum Gasteiger partial charge on any atom is -0.355 e. The number of hydrogen-bond donors (Lipinski definition) is 2. The molecule has 0 saturated carbocycles. The van der Waals surface area contributed by atoms with E-state index in [1.807, 2.05) is 10.8 Å². The Balaban J connectivity index is 1.87. The zero-order valence-corrected chi connectivity index (χ0v) is 15.8. The second-order valence-corrected chi connectivity index (χ2v) is 7.89. The zero-order valence-electron chi connectivity index (χ0n) is 13.4. The number of rotatable bonds is 8. The third-order valence-electron chi connectivity index (χ3n) is 3.36. The van der Waals surface area contributed by atoms with Gasteiger partial charge in [0, 0.05) is 30.5 Å². The standard InChI is InChI=1S/C15H18Cl2N4O3S/c1-11(15(22)19-5-2-7-21-8-6-18-10-21)20-25(23,24)14-9-12(16)3-4-13(14)17/h3-4,6,8-11,20H,2,5,7H2,1H3,(H,19,22)/t11-/m0/s1. The van der Waals surface area contributed by atoms with Crippen molar-refractivity contribution in [3.8, 4) is 0 Å². The van der Waals surface area contributed by atoms with Crippen molar-refractivity contribution in [3.05, 3.63) is 47.0 Å². The topological polar surface area (TPSA) is 93.1 Å². The van der Waals surface area contributed by atoms with Crippen molar-refractivity contribution in [2.45, 2.75) is 30.8 Å². The van der Waals surface area contributed by atoms with E-state index < -0.39 is 22.0 Å². The Bertz CT molecular complexity index is 825. The first-order valence-electron chi connectivity index (χ1n) is 7.50. The quantitative estimate of drug-likeness (QED) is 0.658. The van der Waals surface area contributed by atoms with Crippen LogP contribution in [0.5, 0.6) is 0 Å². The highest BCUT2D eigenvalue weighted by Crippen LogP contribution is 2.24. The molecule has 1 amide bonds. The van der Waals surface area contributed by atoms with E-state index in [0.29, 0.717) is 19.5 Å². The summed E-state index contributed by atoms with van der Waals surface area (Å²) in [5.41, 5.74) is 0. The van der Waals surface area contributed by atoms with E-state index in [2.05, 4.69) is 15.0 Å². The molecular formula is C15H18Cl2N4O3S. The van der Waals surface area contributed by atoms with Crippen LogP contribution >= 0.6 is 23.2 Å². The van der Waals surface area contributed by atoms with E-state index in [1.165, 1.54) is 25.1 Å². The maximum absolute atomic E-state index is 12.4. The summed E-state index contributed by atoms with van der Waals surface area (Å²) in [7, 11) is -3.96. The van der Waals surface area contributed by atoms with Gasteiger partial charge < -0.3 is 9.88 Å². The molecule has 1 aromatic heterocycles. The molecule has 0 spiro atoms. The van der Waals surface area contributed by atoms with E-state index in [9.17, 15) is 13.2 Å². The maximum atomic E-state index is 12.4. The highest BCUT2D eigenvalue weighted by molar-refractivity contribution is 7.89. The number of nitrogens with one attached hydrogen (secondary N) is 2. The van der Waals surface area contributed by atoms with Crippen LogP contribution in [0.1, 0.15) is 13.3 Å². The highest BCUT2D eigenvalue weighted by atomic mass is 35.5. The van der Waals surface area contributed by atoms with Crippen LogP contribution in [0.2, 0.25) is 10.0 Å². The van der Waals surface area contributed by atoms with Crippen molar-refractivity contribution in [2.75, 3.05) is 6.54 Å². The molecule has 0 aliphatic heterocycles. The van der Waals surface area contributed by atoms with Crippen molar-refractivity contribution >= 4 is 39.1 Å². The van der Waals surface area contributed by atoms with E-state index in [4.69, 9.17) is 23.2 Å². The van der Waals surface area contributed by atoms with Crippen LogP contribution in [0.3, 0.4) is 0 Å². The van der Waals surface area contributed by atoms with Gasteiger partial charge in [0.2, 0.25) is 15.9 Å². The van der Waals surface area contributed by atoms with Gasteiger partial charge in [-0.15, -0.1) is 0 Å². The lowest BCUT2D eigenvalue weighted by atomic mass is 10.3. The van der Waals surface area contributed by atoms with Gasteiger partial charge >= 0.3 is 0 Å². The summed E-state index contributed by atoms with van der Waals surface area (Å²) >= 11 is 11.7. The average Bonchev–Trinajstić information content (AvgIpc) is 3.06. The lowest BCUT2D eigenvalue weighted by Gasteiger charge is -2.15. The Morgan fingerprint density at radius 2 is 2.12 bits per heavy atom. The molecule has 1 atom stereocenters. The van der Waals surface area contributed by atoms with Gasteiger partial charge in [0.25, 0.3) is 0 Å². The van der Waals surface area contributed by atoms with Crippen LogP contribution in [-0.4, -0.2) is 36.5 Å². The molecule has 1 aromatic carbocycles. The molecule has 0 radical (unpaired) electrons. The fourth-order valence-corrected chi connectivity index (χ4v) is 4.04. The predicted molar refractivity (Wildman–Crippen MR) is 96.1 cm³/mol. The number of carbonyl (C=O) groups excluding carboxylic acids is 1. The van der Waals surface area contributed by atoms with Gasteiger partial charge in [-0.2, -0.15) is 4.72 Å². The number of imidazole rings is 1. The van der Waals surface area contributed by atoms with E-state index >= 15 is 0 Å². The number of benzene rings is 1. The summed E-state index contributed by atoms with van der Waals surface area (Å²) in [5.74, 6) is -0.424. The van der Waals surface area contributed by atoms with Crippen LogP contribution < -0.4 is 10.0 Å². The smallest absolute Gasteiger partial charge is 0.242 e. The first-order chi connectivity index (χ1) is 11.8. The number of amides is 1. The SMILES string of the molecule is C[C@H](NS(=O)(=O)c1cc(Cl)ccc1Cl)C(=O)NCCCn1ccnc1. The highest BCUT2D eigenvalue weighted by Gasteiger charge is 2.24. The van der Waals surface area contributed by atoms with E-state index in [-0.39, 0.29) is 14.9 Å². The molecular weight excluding hydrogens is 387 g/mol. The average molecular weight is 405 g/mol. The van der Waals surface area contributed by atoms with Gasteiger partial charge in [-0.05, 0) is 31.5 Å². The van der Waals surface area contributed by atoms with Crippen LogP contribution in [0.4, 0.5) is 0 Å². The molecule has 0 saturated heterocycles. The van der Waals surface area contributed by atoms with Gasteiger partial charge in [-0.1, -0.05) is 23.2 Å². The minimum atomic E-state index is -3.96. The monoisotopic (exact) mass is 404 g/mol. The van der Waals surface area contributed by atoms with E-state index in [1.54, 1.807) is 12.5 Å². The van der Waals surface area contributed by atoms with Crippen LogP contribution in [-0.2, 0) is 21.4 Å². The Labute approximate surface area is 156 Å². The summed E-state index contributed by atoms with van der Waals surface area (Å²) in [6.07, 6.45) is 5.89. The molecule has 10 heteroatoms. The Hall–Kier alpha value is -1.61. The summed E-state index contributed by atoms with van der Waals surface area (Å²) < 4.78 is 28.9. The Morgan fingerprint density at radius 3 is 2.80 bits per heavy atom. The van der Waals surface area contributed by atoms with Crippen molar-refractivity contribution in [3.63, 3.8) is 0 Å². The van der Waals surface area contributed by atoms with Crippen LogP contribution in [0, 0.1) is 0 Å². The van der Waals surface area contributed by atoms with Crippen molar-refractivity contribution in [1.82, 2.24) is 19.6 Å². The zero-order chi connectivity index (χ0) is 18.4. The van der Waals surface area contributed by atoms with Gasteiger partial charge in [0.1, 0.15) is 4.90 Å². The molecule has 2 aromatic rings. The molecule has 2 N–H and O–H groups in total. The molecule has 0 fully saturated rings. The fourth-order valence-electron chi connectivity index (χ4n) is 2.08. The second kappa shape index (κ2) is 8.66. The molecule has 2 rings (SSSR count). The fraction of sp³-hybridized carbons (Fsp3) is 0.333. The number of aromatic nitrogens is 2. The van der Waals surface area contributed by atoms with Crippen LogP contribution in [0.25, 0.3) is 0 Å².